The zero-order chi connectivity index (χ0) is 8.97. The van der Waals surface area contributed by atoms with Gasteiger partial charge in [-0.2, -0.15) is 0 Å². The molecule has 3 nitrogen and oxygen atoms in total. The van der Waals surface area contributed by atoms with E-state index in [9.17, 15) is 4.79 Å². The van der Waals surface area contributed by atoms with E-state index in [1.54, 1.807) is 12.2 Å². The Balaban J connectivity index is 2.51. The van der Waals surface area contributed by atoms with E-state index in [1.807, 2.05) is 0 Å². The Kier molecular flexibility index (Phi) is 2.91. The van der Waals surface area contributed by atoms with Crippen molar-refractivity contribution in [2.45, 2.75) is 25.0 Å². The molecule has 0 bridgehead atoms. The summed E-state index contributed by atoms with van der Waals surface area (Å²) in [6.07, 6.45) is 3.72. The summed E-state index contributed by atoms with van der Waals surface area (Å²) < 4.78 is 9.77. The molecule has 66 valence electrons. The third-order valence-corrected chi connectivity index (χ3v) is 1.71. The van der Waals surface area contributed by atoms with Gasteiger partial charge in [-0.3, -0.25) is 0 Å². The van der Waals surface area contributed by atoms with Gasteiger partial charge in [0.15, 0.2) is 0 Å². The minimum atomic E-state index is -0.589. The number of carbonyl (C=O) groups excluding carboxylic acids is 1. The summed E-state index contributed by atoms with van der Waals surface area (Å²) in [6, 6.07) is 0. The summed E-state index contributed by atoms with van der Waals surface area (Å²) in [5.41, 5.74) is 0. The first-order chi connectivity index (χ1) is 5.77. The normalized spacial score (nSPS) is 27.5. The van der Waals surface area contributed by atoms with Gasteiger partial charge in [-0.05, 0) is 0 Å². The molecule has 0 aromatic heterocycles. The van der Waals surface area contributed by atoms with Gasteiger partial charge in [0.2, 0.25) is 0 Å². The second kappa shape index (κ2) is 3.95. The molecule has 1 heterocycles. The van der Waals surface area contributed by atoms with E-state index in [0.717, 1.165) is 0 Å². The van der Waals surface area contributed by atoms with Gasteiger partial charge in [0.1, 0.15) is 12.2 Å². The topological polar surface area (TPSA) is 35.5 Å². The van der Waals surface area contributed by atoms with E-state index < -0.39 is 6.16 Å². The van der Waals surface area contributed by atoms with Crippen LogP contribution in [0.1, 0.15) is 12.8 Å². The summed E-state index contributed by atoms with van der Waals surface area (Å²) in [7, 11) is 0. The largest absolute Gasteiger partial charge is 0.509 e. The van der Waals surface area contributed by atoms with E-state index >= 15 is 0 Å². The van der Waals surface area contributed by atoms with Crippen LogP contribution in [-0.2, 0) is 9.47 Å². The van der Waals surface area contributed by atoms with Crippen molar-refractivity contribution in [3.05, 3.63) is 25.3 Å². The van der Waals surface area contributed by atoms with Gasteiger partial charge in [0, 0.05) is 12.8 Å². The van der Waals surface area contributed by atoms with Crippen LogP contribution < -0.4 is 0 Å². The number of ether oxygens (including phenoxy) is 2. The first-order valence-corrected chi connectivity index (χ1v) is 3.87. The Labute approximate surface area is 71.7 Å². The lowest BCUT2D eigenvalue weighted by molar-refractivity contribution is 0.116. The summed E-state index contributed by atoms with van der Waals surface area (Å²) in [6.45, 7) is 7.14. The van der Waals surface area contributed by atoms with Gasteiger partial charge in [-0.15, -0.1) is 13.2 Å². The van der Waals surface area contributed by atoms with Crippen LogP contribution in [0.5, 0.6) is 0 Å². The average Bonchev–Trinajstić information content (AvgIpc) is 2.33. The van der Waals surface area contributed by atoms with E-state index in [2.05, 4.69) is 13.2 Å². The van der Waals surface area contributed by atoms with Crippen molar-refractivity contribution in [2.75, 3.05) is 0 Å². The summed E-state index contributed by atoms with van der Waals surface area (Å²) in [4.78, 5) is 10.7. The minimum absolute atomic E-state index is 0.187. The van der Waals surface area contributed by atoms with Crippen molar-refractivity contribution >= 4 is 6.16 Å². The first-order valence-electron chi connectivity index (χ1n) is 3.87. The summed E-state index contributed by atoms with van der Waals surface area (Å²) >= 11 is 0. The first kappa shape index (κ1) is 8.84. The molecule has 2 unspecified atom stereocenters. The molecule has 0 saturated carbocycles. The predicted octanol–water partition coefficient (Wildman–Crippen LogP) is 2.04. The highest BCUT2D eigenvalue weighted by molar-refractivity contribution is 5.62. The molecule has 1 fully saturated rings. The molecule has 3 heteroatoms. The molecule has 0 aromatic carbocycles. The van der Waals surface area contributed by atoms with Crippen molar-refractivity contribution in [3.8, 4) is 0 Å². The predicted molar refractivity (Wildman–Crippen MR) is 44.8 cm³/mol. The Hall–Kier alpha value is -1.25. The van der Waals surface area contributed by atoms with E-state index in [4.69, 9.17) is 9.47 Å². The number of hydrogen-bond donors (Lipinski definition) is 0. The van der Waals surface area contributed by atoms with Crippen LogP contribution in [0, 0.1) is 0 Å². The number of hydrogen-bond acceptors (Lipinski definition) is 3. The third-order valence-electron chi connectivity index (χ3n) is 1.71. The quantitative estimate of drug-likeness (QED) is 0.476. The van der Waals surface area contributed by atoms with Crippen molar-refractivity contribution in [1.29, 1.82) is 0 Å². The molecule has 1 rings (SSSR count). The molecule has 0 N–H and O–H groups in total. The smallest absolute Gasteiger partial charge is 0.427 e. The zero-order valence-electron chi connectivity index (χ0n) is 6.86. The van der Waals surface area contributed by atoms with E-state index in [0.29, 0.717) is 12.8 Å². The zero-order valence-corrected chi connectivity index (χ0v) is 6.86. The van der Waals surface area contributed by atoms with Gasteiger partial charge in [0.25, 0.3) is 0 Å². The monoisotopic (exact) mass is 168 g/mol. The number of rotatable bonds is 4. The molecule has 1 aliphatic heterocycles. The van der Waals surface area contributed by atoms with E-state index in [1.165, 1.54) is 0 Å². The van der Waals surface area contributed by atoms with Crippen LogP contribution in [0.25, 0.3) is 0 Å². The van der Waals surface area contributed by atoms with Gasteiger partial charge in [-0.1, -0.05) is 12.2 Å². The minimum Gasteiger partial charge on any atom is -0.427 e. The highest BCUT2D eigenvalue weighted by Gasteiger charge is 2.34. The Morgan fingerprint density at radius 1 is 1.17 bits per heavy atom. The number of carbonyl (C=O) groups is 1. The molecule has 0 radical (unpaired) electrons. The second-order valence-electron chi connectivity index (χ2n) is 2.61. The van der Waals surface area contributed by atoms with Crippen molar-refractivity contribution in [2.24, 2.45) is 0 Å². The van der Waals surface area contributed by atoms with Gasteiger partial charge < -0.3 is 9.47 Å². The van der Waals surface area contributed by atoms with Crippen molar-refractivity contribution in [3.63, 3.8) is 0 Å². The third kappa shape index (κ3) is 1.87. The lowest BCUT2D eigenvalue weighted by Crippen LogP contribution is -2.20. The lowest BCUT2D eigenvalue weighted by Gasteiger charge is -2.10. The van der Waals surface area contributed by atoms with Crippen LogP contribution in [0.4, 0.5) is 4.79 Å². The molecule has 0 spiro atoms. The lowest BCUT2D eigenvalue weighted by atomic mass is 10.1. The van der Waals surface area contributed by atoms with Gasteiger partial charge in [0.05, 0.1) is 0 Å². The molecule has 0 amide bonds. The Bertz CT molecular complexity index is 178. The maximum atomic E-state index is 10.7. The van der Waals surface area contributed by atoms with E-state index in [-0.39, 0.29) is 12.2 Å². The fourth-order valence-corrected chi connectivity index (χ4v) is 1.16. The standard InChI is InChI=1S/C9H12O3/c1-3-5-7-8(6-4-2)12-9(10)11-7/h3-4,7-8H,1-2,5-6H2. The molecule has 0 aliphatic carbocycles. The Morgan fingerprint density at radius 3 is 1.92 bits per heavy atom. The van der Waals surface area contributed by atoms with Gasteiger partial charge in [-0.25, -0.2) is 4.79 Å². The van der Waals surface area contributed by atoms with Crippen LogP contribution in [-0.4, -0.2) is 18.4 Å². The summed E-state index contributed by atoms with van der Waals surface area (Å²) in [5.74, 6) is 0. The van der Waals surface area contributed by atoms with Crippen LogP contribution in [0.3, 0.4) is 0 Å². The van der Waals surface area contributed by atoms with Crippen molar-refractivity contribution in [1.82, 2.24) is 0 Å². The Morgan fingerprint density at radius 2 is 1.58 bits per heavy atom. The molecule has 0 aromatic rings. The SMILES string of the molecule is C=CCC1OC(=O)OC1CC=C. The second-order valence-corrected chi connectivity index (χ2v) is 2.61. The average molecular weight is 168 g/mol. The maximum absolute atomic E-state index is 10.7. The fourth-order valence-electron chi connectivity index (χ4n) is 1.16. The highest BCUT2D eigenvalue weighted by Crippen LogP contribution is 2.21. The highest BCUT2D eigenvalue weighted by atomic mass is 16.8. The fraction of sp³-hybridized carbons (Fsp3) is 0.444. The van der Waals surface area contributed by atoms with Gasteiger partial charge >= 0.3 is 6.16 Å². The van der Waals surface area contributed by atoms with Crippen molar-refractivity contribution < 1.29 is 14.3 Å². The van der Waals surface area contributed by atoms with Crippen LogP contribution >= 0.6 is 0 Å². The molecule has 2 atom stereocenters. The number of cyclic esters (lactones) is 2. The van der Waals surface area contributed by atoms with Crippen LogP contribution in [0.15, 0.2) is 25.3 Å². The molecular weight excluding hydrogens is 156 g/mol. The maximum Gasteiger partial charge on any atom is 0.509 e. The summed E-state index contributed by atoms with van der Waals surface area (Å²) in [5, 5.41) is 0. The van der Waals surface area contributed by atoms with Crippen LogP contribution in [0.2, 0.25) is 0 Å². The molecule has 1 saturated heterocycles. The molecule has 1 aliphatic rings. The molecular formula is C9H12O3. The molecule has 12 heavy (non-hydrogen) atoms.